The number of amides is 1. The first kappa shape index (κ1) is 14.3. The maximum atomic E-state index is 11.9. The number of nitrogens with zero attached hydrogens (tertiary/aromatic N) is 1. The van der Waals surface area contributed by atoms with Gasteiger partial charge in [0.2, 0.25) is 5.91 Å². The fourth-order valence-electron chi connectivity index (χ4n) is 1.48. The van der Waals surface area contributed by atoms with Crippen LogP contribution in [0.1, 0.15) is 31.8 Å². The van der Waals surface area contributed by atoms with Crippen molar-refractivity contribution < 1.29 is 19.1 Å². The molecule has 100 valence electrons. The van der Waals surface area contributed by atoms with Gasteiger partial charge in [-0.15, -0.1) is 0 Å². The van der Waals surface area contributed by atoms with Gasteiger partial charge in [-0.25, -0.2) is 0 Å². The van der Waals surface area contributed by atoms with Gasteiger partial charge in [0.05, 0.1) is 12.0 Å². The smallest absolute Gasteiger partial charge is 0.309 e. The highest BCUT2D eigenvalue weighted by Gasteiger charge is 2.31. The van der Waals surface area contributed by atoms with E-state index in [4.69, 9.17) is 9.52 Å². The van der Waals surface area contributed by atoms with Gasteiger partial charge in [0.25, 0.3) is 0 Å². The van der Waals surface area contributed by atoms with Crippen LogP contribution in [0, 0.1) is 12.3 Å². The molecule has 18 heavy (non-hydrogen) atoms. The highest BCUT2D eigenvalue weighted by atomic mass is 16.4. The van der Waals surface area contributed by atoms with Crippen molar-refractivity contribution in [1.29, 1.82) is 0 Å². The Bertz CT molecular complexity index is 448. The summed E-state index contributed by atoms with van der Waals surface area (Å²) >= 11 is 0. The number of aryl methyl sites for hydroxylation is 1. The average molecular weight is 253 g/mol. The Morgan fingerprint density at radius 2 is 2.00 bits per heavy atom. The van der Waals surface area contributed by atoms with E-state index in [0.717, 1.165) is 5.76 Å². The normalized spacial score (nSPS) is 11.3. The number of furan rings is 1. The van der Waals surface area contributed by atoms with E-state index in [9.17, 15) is 9.59 Å². The lowest BCUT2D eigenvalue weighted by Gasteiger charge is -2.22. The zero-order chi connectivity index (χ0) is 13.9. The van der Waals surface area contributed by atoms with Gasteiger partial charge >= 0.3 is 5.97 Å². The van der Waals surface area contributed by atoms with Crippen LogP contribution in [0.3, 0.4) is 0 Å². The second-order valence-electron chi connectivity index (χ2n) is 5.13. The molecule has 5 nitrogen and oxygen atoms in total. The predicted molar refractivity (Wildman–Crippen MR) is 66.0 cm³/mol. The third-order valence-electron chi connectivity index (χ3n) is 2.79. The number of rotatable bonds is 5. The average Bonchev–Trinajstić information content (AvgIpc) is 2.63. The molecular weight excluding hydrogens is 234 g/mol. The van der Waals surface area contributed by atoms with E-state index in [0.29, 0.717) is 12.3 Å². The minimum absolute atomic E-state index is 0.0292. The number of carboxylic acid groups (broad SMARTS) is 1. The minimum atomic E-state index is -1.05. The molecule has 0 aliphatic heterocycles. The minimum Gasteiger partial charge on any atom is -0.481 e. The Morgan fingerprint density at radius 3 is 2.44 bits per heavy atom. The molecule has 0 spiro atoms. The summed E-state index contributed by atoms with van der Waals surface area (Å²) in [6.45, 7) is 5.26. The lowest BCUT2D eigenvalue weighted by molar-refractivity contribution is -0.151. The highest BCUT2D eigenvalue weighted by Crippen LogP contribution is 2.22. The zero-order valence-corrected chi connectivity index (χ0v) is 11.2. The van der Waals surface area contributed by atoms with Crippen molar-refractivity contribution in [2.24, 2.45) is 5.41 Å². The summed E-state index contributed by atoms with van der Waals surface area (Å²) in [5, 5.41) is 8.98. The van der Waals surface area contributed by atoms with Crippen molar-refractivity contribution in [2.45, 2.75) is 33.7 Å². The molecule has 1 aromatic rings. The molecule has 1 rings (SSSR count). The molecule has 0 bridgehead atoms. The summed E-state index contributed by atoms with van der Waals surface area (Å²) in [5.74, 6) is 0.294. The van der Waals surface area contributed by atoms with E-state index < -0.39 is 11.4 Å². The maximum Gasteiger partial charge on any atom is 0.309 e. The largest absolute Gasteiger partial charge is 0.481 e. The first-order chi connectivity index (χ1) is 8.22. The second kappa shape index (κ2) is 5.25. The molecule has 0 aromatic carbocycles. The third kappa shape index (κ3) is 3.61. The van der Waals surface area contributed by atoms with E-state index in [1.807, 2.05) is 13.0 Å². The quantitative estimate of drug-likeness (QED) is 0.871. The van der Waals surface area contributed by atoms with Crippen LogP contribution in [0.2, 0.25) is 0 Å². The molecule has 1 aromatic heterocycles. The molecule has 0 aliphatic carbocycles. The Balaban J connectivity index is 2.59. The van der Waals surface area contributed by atoms with E-state index in [2.05, 4.69) is 0 Å². The first-order valence-corrected chi connectivity index (χ1v) is 5.75. The van der Waals surface area contributed by atoms with Gasteiger partial charge in [0.1, 0.15) is 11.5 Å². The summed E-state index contributed by atoms with van der Waals surface area (Å²) in [6, 6.07) is 3.64. The van der Waals surface area contributed by atoms with Gasteiger partial charge in [0.15, 0.2) is 0 Å². The number of carboxylic acids is 1. The predicted octanol–water partition coefficient (Wildman–Crippen LogP) is 2.05. The molecule has 1 amide bonds. The number of carbonyl (C=O) groups excluding carboxylic acids is 1. The molecule has 0 saturated carbocycles. The molecule has 0 saturated heterocycles. The van der Waals surface area contributed by atoms with Crippen molar-refractivity contribution in [3.05, 3.63) is 23.7 Å². The summed E-state index contributed by atoms with van der Waals surface area (Å²) in [5.41, 5.74) is -1.05. The van der Waals surface area contributed by atoms with Crippen molar-refractivity contribution in [2.75, 3.05) is 7.05 Å². The molecule has 0 fully saturated rings. The maximum absolute atomic E-state index is 11.9. The second-order valence-corrected chi connectivity index (χ2v) is 5.13. The topological polar surface area (TPSA) is 70.8 Å². The molecule has 0 radical (unpaired) electrons. The Morgan fingerprint density at radius 1 is 1.39 bits per heavy atom. The van der Waals surface area contributed by atoms with Gasteiger partial charge in [0, 0.05) is 13.5 Å². The van der Waals surface area contributed by atoms with E-state index in [1.165, 1.54) is 18.7 Å². The van der Waals surface area contributed by atoms with E-state index >= 15 is 0 Å². The molecule has 0 atom stereocenters. The van der Waals surface area contributed by atoms with Crippen LogP contribution >= 0.6 is 0 Å². The molecule has 0 unspecified atom stereocenters. The summed E-state index contributed by atoms with van der Waals surface area (Å²) in [6.07, 6.45) is -0.0292. The monoisotopic (exact) mass is 253 g/mol. The standard InChI is InChI=1S/C13H19NO4/c1-9-5-6-10(18-9)8-14(4)11(15)7-13(2,3)12(16)17/h5-6H,7-8H2,1-4H3,(H,16,17). The van der Waals surface area contributed by atoms with Crippen molar-refractivity contribution in [3.8, 4) is 0 Å². The van der Waals surface area contributed by atoms with Crippen molar-refractivity contribution in [3.63, 3.8) is 0 Å². The van der Waals surface area contributed by atoms with Crippen LogP contribution < -0.4 is 0 Å². The van der Waals surface area contributed by atoms with Crippen molar-refractivity contribution >= 4 is 11.9 Å². The van der Waals surface area contributed by atoms with Gasteiger partial charge in [-0.2, -0.15) is 0 Å². The Kier molecular flexibility index (Phi) is 4.16. The van der Waals surface area contributed by atoms with Crippen LogP contribution in [0.4, 0.5) is 0 Å². The van der Waals surface area contributed by atoms with Gasteiger partial charge in [-0.1, -0.05) is 0 Å². The number of hydrogen-bond donors (Lipinski definition) is 1. The SMILES string of the molecule is Cc1ccc(CN(C)C(=O)CC(C)(C)C(=O)O)o1. The first-order valence-electron chi connectivity index (χ1n) is 5.75. The van der Waals surface area contributed by atoms with Crippen LogP contribution in [0.25, 0.3) is 0 Å². The van der Waals surface area contributed by atoms with Crippen LogP contribution in [-0.2, 0) is 16.1 Å². The molecule has 1 N–H and O–H groups in total. The number of carbonyl (C=O) groups is 2. The summed E-state index contributed by atoms with van der Waals surface area (Å²) < 4.78 is 5.37. The van der Waals surface area contributed by atoms with Gasteiger partial charge < -0.3 is 14.4 Å². The summed E-state index contributed by atoms with van der Waals surface area (Å²) in [7, 11) is 1.64. The van der Waals surface area contributed by atoms with E-state index in [-0.39, 0.29) is 12.3 Å². The third-order valence-corrected chi connectivity index (χ3v) is 2.79. The Hall–Kier alpha value is -1.78. The van der Waals surface area contributed by atoms with Crippen LogP contribution in [0.15, 0.2) is 16.5 Å². The van der Waals surface area contributed by atoms with E-state index in [1.54, 1.807) is 13.1 Å². The lowest BCUT2D eigenvalue weighted by atomic mass is 9.89. The fourth-order valence-corrected chi connectivity index (χ4v) is 1.48. The number of hydrogen-bond acceptors (Lipinski definition) is 3. The Labute approximate surface area is 106 Å². The zero-order valence-electron chi connectivity index (χ0n) is 11.2. The molecular formula is C13H19NO4. The van der Waals surface area contributed by atoms with Crippen LogP contribution in [0.5, 0.6) is 0 Å². The fraction of sp³-hybridized carbons (Fsp3) is 0.538. The molecule has 0 aliphatic rings. The molecule has 1 heterocycles. The van der Waals surface area contributed by atoms with Gasteiger partial charge in [-0.3, -0.25) is 9.59 Å². The lowest BCUT2D eigenvalue weighted by Crippen LogP contribution is -2.34. The summed E-state index contributed by atoms with van der Waals surface area (Å²) in [4.78, 5) is 24.3. The molecule has 5 heteroatoms. The highest BCUT2D eigenvalue weighted by molar-refractivity contribution is 5.84. The van der Waals surface area contributed by atoms with Crippen molar-refractivity contribution in [1.82, 2.24) is 4.90 Å². The number of aliphatic carboxylic acids is 1. The van der Waals surface area contributed by atoms with Crippen LogP contribution in [-0.4, -0.2) is 28.9 Å². The van der Waals surface area contributed by atoms with Gasteiger partial charge in [-0.05, 0) is 32.9 Å².